The molecular weight excluding hydrogens is 154 g/mol. The molecule has 1 aromatic rings. The molecule has 3 heteroatoms. The van der Waals surface area contributed by atoms with E-state index in [9.17, 15) is 4.79 Å². The highest BCUT2D eigenvalue weighted by molar-refractivity contribution is 5.85. The van der Waals surface area contributed by atoms with Gasteiger partial charge in [0.15, 0.2) is 0 Å². The first-order valence-corrected chi connectivity index (χ1v) is 3.96. The Morgan fingerprint density at radius 1 is 1.50 bits per heavy atom. The molecule has 3 nitrogen and oxygen atoms in total. The number of carboxylic acid groups (broad SMARTS) is 1. The maximum Gasteiger partial charge on any atom is 0.354 e. The minimum atomic E-state index is -0.961. The number of carboxylic acids is 1. The Kier molecular flexibility index (Phi) is 1.57. The second-order valence-electron chi connectivity index (χ2n) is 3.06. The SMILES string of the molecule is O=C(O)c1ccc(C2CC2)cn1. The van der Waals surface area contributed by atoms with Crippen LogP contribution in [0.1, 0.15) is 34.8 Å². The van der Waals surface area contributed by atoms with Gasteiger partial charge in [0.25, 0.3) is 0 Å². The number of pyridine rings is 1. The Balaban J connectivity index is 2.24. The lowest BCUT2D eigenvalue weighted by atomic mass is 10.2. The summed E-state index contributed by atoms with van der Waals surface area (Å²) >= 11 is 0. The zero-order chi connectivity index (χ0) is 8.55. The molecule has 0 amide bonds. The number of aromatic carboxylic acids is 1. The highest BCUT2D eigenvalue weighted by Crippen LogP contribution is 2.39. The van der Waals surface area contributed by atoms with E-state index in [0.717, 1.165) is 0 Å². The molecule has 1 heterocycles. The van der Waals surface area contributed by atoms with Gasteiger partial charge >= 0.3 is 5.97 Å². The standard InChI is InChI=1S/C9H9NO2/c11-9(12)8-4-3-7(5-10-8)6-1-2-6/h3-6H,1-2H2,(H,11,12). The van der Waals surface area contributed by atoms with Crippen LogP contribution < -0.4 is 0 Å². The van der Waals surface area contributed by atoms with Crippen molar-refractivity contribution >= 4 is 5.97 Å². The summed E-state index contributed by atoms with van der Waals surface area (Å²) in [6.45, 7) is 0. The molecule has 2 rings (SSSR count). The van der Waals surface area contributed by atoms with Gasteiger partial charge in [0.2, 0.25) is 0 Å². The first-order chi connectivity index (χ1) is 5.77. The van der Waals surface area contributed by atoms with Crippen LogP contribution in [0.15, 0.2) is 18.3 Å². The van der Waals surface area contributed by atoms with Gasteiger partial charge in [0.1, 0.15) is 5.69 Å². The van der Waals surface area contributed by atoms with E-state index in [1.807, 2.05) is 6.07 Å². The molecule has 0 spiro atoms. The Bertz CT molecular complexity index is 301. The minimum Gasteiger partial charge on any atom is -0.477 e. The molecule has 1 aliphatic carbocycles. The lowest BCUT2D eigenvalue weighted by Crippen LogP contribution is -1.99. The molecule has 12 heavy (non-hydrogen) atoms. The average molecular weight is 163 g/mol. The predicted molar refractivity (Wildman–Crippen MR) is 43.2 cm³/mol. The topological polar surface area (TPSA) is 50.2 Å². The molecule has 1 aromatic heterocycles. The summed E-state index contributed by atoms with van der Waals surface area (Å²) in [6.07, 6.45) is 4.10. The highest BCUT2D eigenvalue weighted by atomic mass is 16.4. The number of hydrogen-bond acceptors (Lipinski definition) is 2. The van der Waals surface area contributed by atoms with Gasteiger partial charge in [-0.1, -0.05) is 6.07 Å². The molecule has 0 saturated heterocycles. The minimum absolute atomic E-state index is 0.124. The Hall–Kier alpha value is -1.38. The van der Waals surface area contributed by atoms with E-state index in [2.05, 4.69) is 4.98 Å². The third kappa shape index (κ3) is 1.30. The number of rotatable bonds is 2. The van der Waals surface area contributed by atoms with Gasteiger partial charge in [-0.15, -0.1) is 0 Å². The lowest BCUT2D eigenvalue weighted by molar-refractivity contribution is 0.0690. The summed E-state index contributed by atoms with van der Waals surface area (Å²) in [5.74, 6) is -0.322. The molecule has 0 radical (unpaired) electrons. The monoisotopic (exact) mass is 163 g/mol. The molecule has 1 saturated carbocycles. The van der Waals surface area contributed by atoms with Crippen LogP contribution in [-0.2, 0) is 0 Å². The Morgan fingerprint density at radius 3 is 2.67 bits per heavy atom. The number of nitrogens with zero attached hydrogens (tertiary/aromatic N) is 1. The van der Waals surface area contributed by atoms with Crippen molar-refractivity contribution in [2.75, 3.05) is 0 Å². The van der Waals surface area contributed by atoms with Crippen LogP contribution >= 0.6 is 0 Å². The zero-order valence-corrected chi connectivity index (χ0v) is 6.53. The first kappa shape index (κ1) is 7.28. The molecule has 0 aromatic carbocycles. The largest absolute Gasteiger partial charge is 0.477 e. The number of hydrogen-bond donors (Lipinski definition) is 1. The van der Waals surface area contributed by atoms with Gasteiger partial charge in [0, 0.05) is 6.20 Å². The summed E-state index contributed by atoms with van der Waals surface area (Å²) in [4.78, 5) is 14.3. The van der Waals surface area contributed by atoms with Crippen molar-refractivity contribution in [1.29, 1.82) is 0 Å². The maximum absolute atomic E-state index is 10.4. The molecule has 1 N–H and O–H groups in total. The van der Waals surface area contributed by atoms with E-state index in [1.165, 1.54) is 18.4 Å². The quantitative estimate of drug-likeness (QED) is 0.721. The van der Waals surface area contributed by atoms with Gasteiger partial charge in [-0.25, -0.2) is 9.78 Å². The summed E-state index contributed by atoms with van der Waals surface area (Å²) in [7, 11) is 0. The highest BCUT2D eigenvalue weighted by Gasteiger charge is 2.23. The van der Waals surface area contributed by atoms with E-state index < -0.39 is 5.97 Å². The van der Waals surface area contributed by atoms with E-state index in [1.54, 1.807) is 12.3 Å². The second kappa shape index (κ2) is 2.59. The fourth-order valence-corrected chi connectivity index (χ4v) is 1.19. The van der Waals surface area contributed by atoms with Crippen LogP contribution in [0.5, 0.6) is 0 Å². The average Bonchev–Trinajstić information content (AvgIpc) is 2.87. The summed E-state index contributed by atoms with van der Waals surface area (Å²) < 4.78 is 0. The smallest absolute Gasteiger partial charge is 0.354 e. The fourth-order valence-electron chi connectivity index (χ4n) is 1.19. The van der Waals surface area contributed by atoms with Crippen LogP contribution in [0.3, 0.4) is 0 Å². The van der Waals surface area contributed by atoms with Crippen molar-refractivity contribution in [3.05, 3.63) is 29.6 Å². The third-order valence-corrected chi connectivity index (χ3v) is 2.05. The van der Waals surface area contributed by atoms with Gasteiger partial charge in [-0.2, -0.15) is 0 Å². The fraction of sp³-hybridized carbons (Fsp3) is 0.333. The van der Waals surface area contributed by atoms with Gasteiger partial charge in [-0.3, -0.25) is 0 Å². The summed E-state index contributed by atoms with van der Waals surface area (Å²) in [6, 6.07) is 3.42. The van der Waals surface area contributed by atoms with E-state index in [0.29, 0.717) is 5.92 Å². The van der Waals surface area contributed by atoms with Crippen LogP contribution in [0.2, 0.25) is 0 Å². The van der Waals surface area contributed by atoms with Crippen molar-refractivity contribution in [2.45, 2.75) is 18.8 Å². The zero-order valence-electron chi connectivity index (χ0n) is 6.53. The molecule has 62 valence electrons. The van der Waals surface area contributed by atoms with Gasteiger partial charge in [0.05, 0.1) is 0 Å². The molecule has 0 atom stereocenters. The summed E-state index contributed by atoms with van der Waals surface area (Å²) in [5, 5.41) is 8.57. The van der Waals surface area contributed by atoms with E-state index in [4.69, 9.17) is 5.11 Å². The van der Waals surface area contributed by atoms with Crippen LogP contribution in [0, 0.1) is 0 Å². The molecule has 1 aliphatic rings. The van der Waals surface area contributed by atoms with Crippen molar-refractivity contribution in [1.82, 2.24) is 4.98 Å². The summed E-state index contributed by atoms with van der Waals surface area (Å²) in [5.41, 5.74) is 1.29. The molecule has 0 bridgehead atoms. The Morgan fingerprint density at radius 2 is 2.25 bits per heavy atom. The van der Waals surface area contributed by atoms with Gasteiger partial charge < -0.3 is 5.11 Å². The van der Waals surface area contributed by atoms with Crippen molar-refractivity contribution < 1.29 is 9.90 Å². The lowest BCUT2D eigenvalue weighted by Gasteiger charge is -1.96. The van der Waals surface area contributed by atoms with Crippen LogP contribution in [-0.4, -0.2) is 16.1 Å². The predicted octanol–water partition coefficient (Wildman–Crippen LogP) is 1.66. The van der Waals surface area contributed by atoms with Crippen molar-refractivity contribution in [3.8, 4) is 0 Å². The van der Waals surface area contributed by atoms with E-state index >= 15 is 0 Å². The molecule has 0 aliphatic heterocycles. The van der Waals surface area contributed by atoms with Crippen molar-refractivity contribution in [2.24, 2.45) is 0 Å². The molecule has 1 fully saturated rings. The maximum atomic E-state index is 10.4. The van der Waals surface area contributed by atoms with Gasteiger partial charge in [-0.05, 0) is 30.4 Å². The van der Waals surface area contributed by atoms with Crippen molar-refractivity contribution in [3.63, 3.8) is 0 Å². The normalized spacial score (nSPS) is 16.0. The van der Waals surface area contributed by atoms with Crippen LogP contribution in [0.25, 0.3) is 0 Å². The first-order valence-electron chi connectivity index (χ1n) is 3.96. The molecular formula is C9H9NO2. The molecule has 0 unspecified atom stereocenters. The number of aromatic nitrogens is 1. The second-order valence-corrected chi connectivity index (χ2v) is 3.06. The third-order valence-electron chi connectivity index (χ3n) is 2.05. The van der Waals surface area contributed by atoms with Crippen LogP contribution in [0.4, 0.5) is 0 Å². The van der Waals surface area contributed by atoms with E-state index in [-0.39, 0.29) is 5.69 Å². The number of carbonyl (C=O) groups is 1. The Labute approximate surface area is 70.1 Å².